The highest BCUT2D eigenvalue weighted by atomic mass is 32.2. The Morgan fingerprint density at radius 2 is 1.90 bits per heavy atom. The Morgan fingerprint density at radius 3 is 2.59 bits per heavy atom. The van der Waals surface area contributed by atoms with Crippen LogP contribution < -0.4 is 11.0 Å². The lowest BCUT2D eigenvalue weighted by atomic mass is 9.99. The second-order valence-electron chi connectivity index (χ2n) is 6.97. The number of aromatic nitrogens is 3. The van der Waals surface area contributed by atoms with Crippen LogP contribution in [-0.4, -0.2) is 26.4 Å². The van der Waals surface area contributed by atoms with Gasteiger partial charge in [-0.1, -0.05) is 68.1 Å². The highest BCUT2D eigenvalue weighted by molar-refractivity contribution is 7.99. The summed E-state index contributed by atoms with van der Waals surface area (Å²) < 4.78 is 1.58. The molecule has 2 aromatic carbocycles. The number of H-pyrrole nitrogens is 1. The van der Waals surface area contributed by atoms with Gasteiger partial charge in [0.25, 0.3) is 0 Å². The Kier molecular flexibility index (Phi) is 7.30. The average Bonchev–Trinajstić information content (AvgIpc) is 3.11. The zero-order chi connectivity index (χ0) is 20.6. The normalized spacial score (nSPS) is 11.9. The molecule has 0 bridgehead atoms. The number of thioether (sulfide) groups is 1. The van der Waals surface area contributed by atoms with Crippen molar-refractivity contribution in [1.82, 2.24) is 14.8 Å². The first kappa shape index (κ1) is 20.9. The van der Waals surface area contributed by atoms with Crippen LogP contribution in [0.15, 0.2) is 64.5 Å². The lowest BCUT2D eigenvalue weighted by Gasteiger charge is -2.10. The number of amides is 1. The molecule has 6 nitrogen and oxygen atoms in total. The van der Waals surface area contributed by atoms with E-state index in [0.29, 0.717) is 17.6 Å². The van der Waals surface area contributed by atoms with Crippen LogP contribution >= 0.6 is 11.8 Å². The maximum Gasteiger partial charge on any atom is 0.343 e. The molecule has 29 heavy (non-hydrogen) atoms. The highest BCUT2D eigenvalue weighted by Gasteiger charge is 2.12. The molecule has 1 aromatic heterocycles. The molecule has 0 saturated carbocycles. The molecule has 0 aliphatic carbocycles. The Morgan fingerprint density at radius 1 is 1.17 bits per heavy atom. The van der Waals surface area contributed by atoms with Crippen LogP contribution in [-0.2, 0) is 17.8 Å². The van der Waals surface area contributed by atoms with Crippen LogP contribution in [0.3, 0.4) is 0 Å². The summed E-state index contributed by atoms with van der Waals surface area (Å²) in [6, 6.07) is 17.9. The third kappa shape index (κ3) is 5.84. The zero-order valence-electron chi connectivity index (χ0n) is 16.7. The van der Waals surface area contributed by atoms with Gasteiger partial charge in [-0.15, -0.1) is 5.10 Å². The number of carbonyl (C=O) groups is 1. The topological polar surface area (TPSA) is 79.8 Å². The fourth-order valence-corrected chi connectivity index (χ4v) is 3.73. The Labute approximate surface area is 174 Å². The number of nitrogens with one attached hydrogen (secondary N) is 2. The monoisotopic (exact) mass is 410 g/mol. The van der Waals surface area contributed by atoms with Gasteiger partial charge in [-0.25, -0.2) is 9.89 Å². The maximum atomic E-state index is 12.3. The molecule has 1 heterocycles. The van der Waals surface area contributed by atoms with E-state index in [2.05, 4.69) is 29.4 Å². The van der Waals surface area contributed by atoms with E-state index < -0.39 is 0 Å². The molecule has 152 valence electrons. The zero-order valence-corrected chi connectivity index (χ0v) is 17.5. The number of carbonyl (C=O) groups excluding carboxylic acids is 1. The van der Waals surface area contributed by atoms with E-state index in [-0.39, 0.29) is 17.3 Å². The number of hydrogen-bond acceptors (Lipinski definition) is 4. The second kappa shape index (κ2) is 10.1. The summed E-state index contributed by atoms with van der Waals surface area (Å²) in [5.41, 5.74) is 2.92. The number of hydrogen-bond donors (Lipinski definition) is 2. The van der Waals surface area contributed by atoms with Gasteiger partial charge in [0.1, 0.15) is 0 Å². The van der Waals surface area contributed by atoms with Crippen molar-refractivity contribution in [2.45, 2.75) is 44.3 Å². The second-order valence-corrected chi connectivity index (χ2v) is 7.91. The summed E-state index contributed by atoms with van der Waals surface area (Å²) in [4.78, 5) is 24.3. The molecule has 0 spiro atoms. The fraction of sp³-hybridized carbons (Fsp3) is 0.318. The van der Waals surface area contributed by atoms with Crippen LogP contribution in [0.2, 0.25) is 0 Å². The van der Waals surface area contributed by atoms with E-state index in [1.54, 1.807) is 4.57 Å². The van der Waals surface area contributed by atoms with Crippen molar-refractivity contribution in [3.63, 3.8) is 0 Å². The fourth-order valence-electron chi connectivity index (χ4n) is 2.95. The maximum absolute atomic E-state index is 12.3. The molecule has 3 aromatic rings. The van der Waals surface area contributed by atoms with Crippen molar-refractivity contribution < 1.29 is 4.79 Å². The minimum Gasteiger partial charge on any atom is -0.325 e. The molecule has 0 aliphatic heterocycles. The van der Waals surface area contributed by atoms with Crippen LogP contribution in [0.1, 0.15) is 37.3 Å². The predicted octanol–water partition coefficient (Wildman–Crippen LogP) is 4.06. The third-order valence-electron chi connectivity index (χ3n) is 4.90. The quantitative estimate of drug-likeness (QED) is 0.522. The van der Waals surface area contributed by atoms with Crippen molar-refractivity contribution in [1.29, 1.82) is 0 Å². The number of aromatic amines is 1. The number of benzene rings is 2. The van der Waals surface area contributed by atoms with Gasteiger partial charge in [-0.3, -0.25) is 9.36 Å². The lowest BCUT2D eigenvalue weighted by molar-refractivity contribution is -0.113. The molecular weight excluding hydrogens is 384 g/mol. The molecule has 0 radical (unpaired) electrons. The summed E-state index contributed by atoms with van der Waals surface area (Å²) in [6.07, 6.45) is 1.81. The van der Waals surface area contributed by atoms with Gasteiger partial charge in [-0.2, -0.15) is 0 Å². The van der Waals surface area contributed by atoms with Crippen LogP contribution in [0, 0.1) is 0 Å². The summed E-state index contributed by atoms with van der Waals surface area (Å²) in [7, 11) is 0. The van der Waals surface area contributed by atoms with E-state index in [1.165, 1.54) is 17.3 Å². The van der Waals surface area contributed by atoms with Gasteiger partial charge in [0.15, 0.2) is 5.16 Å². The van der Waals surface area contributed by atoms with Crippen LogP contribution in [0.4, 0.5) is 5.69 Å². The molecule has 1 atom stereocenters. The largest absolute Gasteiger partial charge is 0.343 e. The van der Waals surface area contributed by atoms with Crippen LogP contribution in [0.25, 0.3) is 0 Å². The SMILES string of the molecule is CC[C@@H](C)c1ccc(NC(=O)CSc2n[nH]c(=O)n2CCc2ccccc2)cc1. The van der Waals surface area contributed by atoms with Gasteiger partial charge in [-0.05, 0) is 42.0 Å². The van der Waals surface area contributed by atoms with E-state index in [4.69, 9.17) is 0 Å². The predicted molar refractivity (Wildman–Crippen MR) is 117 cm³/mol. The molecule has 3 rings (SSSR count). The first-order valence-electron chi connectivity index (χ1n) is 9.78. The van der Waals surface area contributed by atoms with Crippen molar-refractivity contribution in [3.8, 4) is 0 Å². The van der Waals surface area contributed by atoms with E-state index in [9.17, 15) is 9.59 Å². The minimum atomic E-state index is -0.260. The average molecular weight is 411 g/mol. The Balaban J connectivity index is 1.54. The first-order valence-corrected chi connectivity index (χ1v) is 10.8. The summed E-state index contributed by atoms with van der Waals surface area (Å²) >= 11 is 1.25. The summed E-state index contributed by atoms with van der Waals surface area (Å²) in [5.74, 6) is 0.557. The molecular formula is C22H26N4O2S. The number of aryl methyl sites for hydroxylation is 1. The standard InChI is InChI=1S/C22H26N4O2S/c1-3-16(2)18-9-11-19(12-10-18)23-20(27)15-29-22-25-24-21(28)26(22)14-13-17-7-5-4-6-8-17/h4-12,16H,3,13-15H2,1-2H3,(H,23,27)(H,24,28)/t16-/m1/s1. The van der Waals surface area contributed by atoms with Crippen molar-refractivity contribution >= 4 is 23.4 Å². The molecule has 1 amide bonds. The molecule has 7 heteroatoms. The summed E-state index contributed by atoms with van der Waals surface area (Å²) in [5, 5.41) is 9.95. The van der Waals surface area contributed by atoms with Gasteiger partial charge in [0.2, 0.25) is 5.91 Å². The van der Waals surface area contributed by atoms with Crippen molar-refractivity contribution in [2.24, 2.45) is 0 Å². The van der Waals surface area contributed by atoms with Crippen molar-refractivity contribution in [2.75, 3.05) is 11.1 Å². The molecule has 0 fully saturated rings. The number of rotatable bonds is 9. The van der Waals surface area contributed by atoms with E-state index in [1.807, 2.05) is 54.6 Å². The Bertz CT molecular complexity index is 980. The van der Waals surface area contributed by atoms with E-state index in [0.717, 1.165) is 24.1 Å². The van der Waals surface area contributed by atoms with Crippen LogP contribution in [0.5, 0.6) is 0 Å². The lowest BCUT2D eigenvalue weighted by Crippen LogP contribution is -2.20. The van der Waals surface area contributed by atoms with Gasteiger partial charge < -0.3 is 5.32 Å². The molecule has 0 unspecified atom stereocenters. The molecule has 0 aliphatic rings. The minimum absolute atomic E-state index is 0.128. The summed E-state index contributed by atoms with van der Waals surface area (Å²) in [6.45, 7) is 4.86. The van der Waals surface area contributed by atoms with Gasteiger partial charge in [0.05, 0.1) is 5.75 Å². The Hall–Kier alpha value is -2.80. The molecule has 2 N–H and O–H groups in total. The number of nitrogens with zero attached hydrogens (tertiary/aromatic N) is 2. The van der Waals surface area contributed by atoms with Gasteiger partial charge in [0, 0.05) is 12.2 Å². The van der Waals surface area contributed by atoms with Gasteiger partial charge >= 0.3 is 5.69 Å². The highest BCUT2D eigenvalue weighted by Crippen LogP contribution is 2.21. The number of anilines is 1. The molecule has 0 saturated heterocycles. The first-order chi connectivity index (χ1) is 14.1. The van der Waals surface area contributed by atoms with Crippen molar-refractivity contribution in [3.05, 3.63) is 76.2 Å². The van der Waals surface area contributed by atoms with E-state index >= 15 is 0 Å². The third-order valence-corrected chi connectivity index (χ3v) is 5.87. The smallest absolute Gasteiger partial charge is 0.325 e.